The van der Waals surface area contributed by atoms with E-state index in [2.05, 4.69) is 41.4 Å². The lowest BCUT2D eigenvalue weighted by molar-refractivity contribution is 0.250. The minimum Gasteiger partial charge on any atom is -0.497 e. The summed E-state index contributed by atoms with van der Waals surface area (Å²) < 4.78 is 5.20. The molecular weight excluding hydrogens is 248 g/mol. The van der Waals surface area contributed by atoms with E-state index in [9.17, 15) is 0 Å². The van der Waals surface area contributed by atoms with Crippen molar-refractivity contribution in [2.75, 3.05) is 33.3 Å². The van der Waals surface area contributed by atoms with Gasteiger partial charge < -0.3 is 10.1 Å². The van der Waals surface area contributed by atoms with Crippen LogP contribution in [0.15, 0.2) is 24.3 Å². The van der Waals surface area contributed by atoms with Crippen molar-refractivity contribution >= 4 is 0 Å². The lowest BCUT2D eigenvalue weighted by Gasteiger charge is -2.24. The molecule has 1 heterocycles. The van der Waals surface area contributed by atoms with Crippen LogP contribution in [0.1, 0.15) is 31.7 Å². The molecule has 1 fully saturated rings. The number of hydrogen-bond donors (Lipinski definition) is 1. The molecule has 0 bridgehead atoms. The summed E-state index contributed by atoms with van der Waals surface area (Å²) in [5.74, 6) is 0.941. The van der Waals surface area contributed by atoms with Crippen LogP contribution in [0.5, 0.6) is 5.75 Å². The predicted molar refractivity (Wildman–Crippen MR) is 84.5 cm³/mol. The number of benzene rings is 1. The SMILES string of the molecule is CCCNCC1CCCN1CCc1ccc(OC)cc1. The monoisotopic (exact) mass is 276 g/mol. The highest BCUT2D eigenvalue weighted by Crippen LogP contribution is 2.18. The van der Waals surface area contributed by atoms with Gasteiger partial charge in [0.05, 0.1) is 7.11 Å². The number of likely N-dealkylation sites (tertiary alicyclic amines) is 1. The first-order valence-corrected chi connectivity index (χ1v) is 7.91. The van der Waals surface area contributed by atoms with Crippen LogP contribution in [0.3, 0.4) is 0 Å². The van der Waals surface area contributed by atoms with Gasteiger partial charge in [-0.2, -0.15) is 0 Å². The van der Waals surface area contributed by atoms with E-state index in [0.29, 0.717) is 0 Å². The van der Waals surface area contributed by atoms with E-state index in [1.54, 1.807) is 7.11 Å². The molecule has 1 unspecified atom stereocenters. The molecule has 1 aliphatic rings. The number of methoxy groups -OCH3 is 1. The van der Waals surface area contributed by atoms with Gasteiger partial charge in [-0.05, 0) is 56.5 Å². The van der Waals surface area contributed by atoms with Gasteiger partial charge in [-0.3, -0.25) is 4.90 Å². The van der Waals surface area contributed by atoms with Gasteiger partial charge in [-0.25, -0.2) is 0 Å². The van der Waals surface area contributed by atoms with Crippen molar-refractivity contribution in [1.82, 2.24) is 10.2 Å². The number of nitrogens with one attached hydrogen (secondary N) is 1. The summed E-state index contributed by atoms with van der Waals surface area (Å²) in [5, 5.41) is 3.56. The smallest absolute Gasteiger partial charge is 0.118 e. The number of ether oxygens (including phenoxy) is 1. The van der Waals surface area contributed by atoms with E-state index >= 15 is 0 Å². The van der Waals surface area contributed by atoms with E-state index in [4.69, 9.17) is 4.74 Å². The molecule has 0 aromatic heterocycles. The Kier molecular flexibility index (Phi) is 6.34. The van der Waals surface area contributed by atoms with Gasteiger partial charge in [0.25, 0.3) is 0 Å². The number of hydrogen-bond acceptors (Lipinski definition) is 3. The third-order valence-electron chi connectivity index (χ3n) is 4.15. The topological polar surface area (TPSA) is 24.5 Å². The largest absolute Gasteiger partial charge is 0.497 e. The second-order valence-corrected chi connectivity index (χ2v) is 5.63. The molecule has 0 aliphatic carbocycles. The van der Waals surface area contributed by atoms with E-state index < -0.39 is 0 Å². The van der Waals surface area contributed by atoms with Crippen molar-refractivity contribution in [2.45, 2.75) is 38.6 Å². The summed E-state index contributed by atoms with van der Waals surface area (Å²) in [4.78, 5) is 2.65. The molecular formula is C17H28N2O. The zero-order chi connectivity index (χ0) is 14.2. The van der Waals surface area contributed by atoms with Crippen LogP contribution in [0.2, 0.25) is 0 Å². The Morgan fingerprint density at radius 1 is 1.30 bits per heavy atom. The molecule has 2 rings (SSSR count). The summed E-state index contributed by atoms with van der Waals surface area (Å²) in [6.07, 6.45) is 5.05. The lowest BCUT2D eigenvalue weighted by Crippen LogP contribution is -2.39. The zero-order valence-corrected chi connectivity index (χ0v) is 12.9. The molecule has 112 valence electrons. The molecule has 1 aromatic rings. The molecule has 0 spiro atoms. The summed E-state index contributed by atoms with van der Waals surface area (Å²) in [6, 6.07) is 9.21. The fraction of sp³-hybridized carbons (Fsp3) is 0.647. The number of rotatable bonds is 8. The minimum absolute atomic E-state index is 0.736. The number of nitrogens with zero attached hydrogens (tertiary/aromatic N) is 1. The molecule has 3 heteroatoms. The van der Waals surface area contributed by atoms with Gasteiger partial charge in [0.2, 0.25) is 0 Å². The van der Waals surface area contributed by atoms with Crippen LogP contribution >= 0.6 is 0 Å². The lowest BCUT2D eigenvalue weighted by atomic mass is 10.1. The van der Waals surface area contributed by atoms with Crippen LogP contribution in [-0.4, -0.2) is 44.2 Å². The minimum atomic E-state index is 0.736. The highest BCUT2D eigenvalue weighted by molar-refractivity contribution is 5.27. The Morgan fingerprint density at radius 3 is 2.80 bits per heavy atom. The van der Waals surface area contributed by atoms with Crippen LogP contribution in [0.4, 0.5) is 0 Å². The molecule has 0 amide bonds. The van der Waals surface area contributed by atoms with E-state index in [1.807, 2.05) is 0 Å². The first-order chi connectivity index (χ1) is 9.83. The quantitative estimate of drug-likeness (QED) is 0.739. The van der Waals surface area contributed by atoms with Gasteiger partial charge in [0.15, 0.2) is 0 Å². The van der Waals surface area contributed by atoms with Crippen molar-refractivity contribution in [3.8, 4) is 5.75 Å². The third-order valence-corrected chi connectivity index (χ3v) is 4.15. The maximum absolute atomic E-state index is 5.20. The zero-order valence-electron chi connectivity index (χ0n) is 12.9. The Labute approximate surface area is 123 Å². The van der Waals surface area contributed by atoms with Crippen LogP contribution in [-0.2, 0) is 6.42 Å². The van der Waals surface area contributed by atoms with Crippen molar-refractivity contribution in [3.63, 3.8) is 0 Å². The first-order valence-electron chi connectivity index (χ1n) is 7.91. The summed E-state index contributed by atoms with van der Waals surface area (Å²) >= 11 is 0. The van der Waals surface area contributed by atoms with Crippen LogP contribution in [0, 0.1) is 0 Å². The fourth-order valence-electron chi connectivity index (χ4n) is 2.93. The molecule has 1 aromatic carbocycles. The average Bonchev–Trinajstić information content (AvgIpc) is 2.93. The molecule has 1 aliphatic heterocycles. The Hall–Kier alpha value is -1.06. The highest BCUT2D eigenvalue weighted by Gasteiger charge is 2.23. The van der Waals surface area contributed by atoms with E-state index in [0.717, 1.165) is 31.3 Å². The first kappa shape index (κ1) is 15.3. The van der Waals surface area contributed by atoms with Crippen molar-refractivity contribution in [1.29, 1.82) is 0 Å². The average molecular weight is 276 g/mol. The van der Waals surface area contributed by atoms with Crippen molar-refractivity contribution in [2.24, 2.45) is 0 Å². The summed E-state index contributed by atoms with van der Waals surface area (Å²) in [5.41, 5.74) is 1.40. The standard InChI is InChI=1S/C17H28N2O/c1-3-11-18-14-16-5-4-12-19(16)13-10-15-6-8-17(20-2)9-7-15/h6-9,16,18H,3-5,10-14H2,1-2H3. The summed E-state index contributed by atoms with van der Waals surface area (Å²) in [6.45, 7) is 6.95. The molecule has 1 saturated heterocycles. The van der Waals surface area contributed by atoms with Crippen LogP contribution in [0.25, 0.3) is 0 Å². The van der Waals surface area contributed by atoms with E-state index in [-0.39, 0.29) is 0 Å². The summed E-state index contributed by atoms with van der Waals surface area (Å²) in [7, 11) is 1.72. The molecule has 1 atom stereocenters. The van der Waals surface area contributed by atoms with Crippen molar-refractivity contribution < 1.29 is 4.74 Å². The molecule has 20 heavy (non-hydrogen) atoms. The maximum atomic E-state index is 5.20. The van der Waals surface area contributed by atoms with E-state index in [1.165, 1.54) is 37.9 Å². The Bertz CT molecular complexity index is 377. The molecule has 0 saturated carbocycles. The molecule has 3 nitrogen and oxygen atoms in total. The van der Waals surface area contributed by atoms with Gasteiger partial charge in [-0.15, -0.1) is 0 Å². The Morgan fingerprint density at radius 2 is 2.10 bits per heavy atom. The normalized spacial score (nSPS) is 19.4. The van der Waals surface area contributed by atoms with Gasteiger partial charge in [-0.1, -0.05) is 19.1 Å². The second kappa shape index (κ2) is 8.28. The maximum Gasteiger partial charge on any atom is 0.118 e. The van der Waals surface area contributed by atoms with Gasteiger partial charge in [0, 0.05) is 19.1 Å². The van der Waals surface area contributed by atoms with Gasteiger partial charge >= 0.3 is 0 Å². The van der Waals surface area contributed by atoms with Crippen LogP contribution < -0.4 is 10.1 Å². The second-order valence-electron chi connectivity index (χ2n) is 5.63. The molecule has 1 N–H and O–H groups in total. The molecule has 0 radical (unpaired) electrons. The Balaban J connectivity index is 1.76. The highest BCUT2D eigenvalue weighted by atomic mass is 16.5. The fourth-order valence-corrected chi connectivity index (χ4v) is 2.93. The third kappa shape index (κ3) is 4.50. The predicted octanol–water partition coefficient (Wildman–Crippen LogP) is 2.70. The van der Waals surface area contributed by atoms with Crippen molar-refractivity contribution in [3.05, 3.63) is 29.8 Å². The van der Waals surface area contributed by atoms with Gasteiger partial charge in [0.1, 0.15) is 5.75 Å².